The number of carbonyl (C=O) groups excluding carboxylic acids is 1. The van der Waals surface area contributed by atoms with E-state index in [4.69, 9.17) is 11.6 Å². The smallest absolute Gasteiger partial charge is 0.257 e. The van der Waals surface area contributed by atoms with E-state index in [9.17, 15) is 4.79 Å². The van der Waals surface area contributed by atoms with Crippen LogP contribution in [0.4, 0.5) is 11.4 Å². The topological polar surface area (TPSA) is 54.0 Å². The Hall–Kier alpha value is -2.33. The number of benzene rings is 1. The van der Waals surface area contributed by atoms with Gasteiger partial charge in [-0.05, 0) is 24.3 Å². The number of hydrogen-bond donors (Lipinski definition) is 2. The number of pyridine rings is 1. The van der Waals surface area contributed by atoms with Crippen molar-refractivity contribution in [1.29, 1.82) is 0 Å². The van der Waals surface area contributed by atoms with Crippen LogP contribution in [0.3, 0.4) is 0 Å². The Morgan fingerprint density at radius 2 is 2.15 bits per heavy atom. The van der Waals surface area contributed by atoms with Crippen molar-refractivity contribution in [3.8, 4) is 0 Å². The van der Waals surface area contributed by atoms with Gasteiger partial charge < -0.3 is 10.6 Å². The molecule has 0 fully saturated rings. The summed E-state index contributed by atoms with van der Waals surface area (Å²) in [7, 11) is 0. The third kappa shape index (κ3) is 3.83. The maximum Gasteiger partial charge on any atom is 0.257 e. The lowest BCUT2D eigenvalue weighted by atomic mass is 10.2. The fourth-order valence-electron chi connectivity index (χ4n) is 1.62. The van der Waals surface area contributed by atoms with Gasteiger partial charge in [0.05, 0.1) is 11.3 Å². The summed E-state index contributed by atoms with van der Waals surface area (Å²) in [6.07, 6.45) is 4.90. The zero-order valence-electron chi connectivity index (χ0n) is 10.8. The van der Waals surface area contributed by atoms with Gasteiger partial charge >= 0.3 is 0 Å². The minimum absolute atomic E-state index is 0.234. The summed E-state index contributed by atoms with van der Waals surface area (Å²) in [4.78, 5) is 16.1. The molecule has 0 saturated carbocycles. The molecule has 0 aliphatic heterocycles. The quantitative estimate of drug-likeness (QED) is 0.826. The maximum absolute atomic E-state index is 12.1. The molecule has 4 nitrogen and oxygen atoms in total. The van der Waals surface area contributed by atoms with Crippen LogP contribution in [0.15, 0.2) is 55.4 Å². The number of nitrogens with one attached hydrogen (secondary N) is 2. The van der Waals surface area contributed by atoms with Crippen molar-refractivity contribution in [2.75, 3.05) is 17.2 Å². The largest absolute Gasteiger partial charge is 0.380 e. The van der Waals surface area contributed by atoms with E-state index in [0.717, 1.165) is 5.69 Å². The summed E-state index contributed by atoms with van der Waals surface area (Å²) in [5.41, 5.74) is 1.88. The number of nitrogens with zero attached hydrogens (tertiary/aromatic N) is 1. The van der Waals surface area contributed by atoms with Crippen LogP contribution in [-0.4, -0.2) is 17.4 Å². The standard InChI is InChI=1S/C15H14ClN3O/c1-2-6-18-14-7-11(9-17-10-14)15(20)19-13-5-3-4-12(16)8-13/h2-5,7-10,18H,1,6H2,(H,19,20). The normalized spacial score (nSPS) is 9.85. The number of anilines is 2. The first-order valence-electron chi connectivity index (χ1n) is 6.06. The van der Waals surface area contributed by atoms with E-state index in [0.29, 0.717) is 22.8 Å². The highest BCUT2D eigenvalue weighted by atomic mass is 35.5. The van der Waals surface area contributed by atoms with Gasteiger partial charge in [-0.3, -0.25) is 9.78 Å². The molecule has 20 heavy (non-hydrogen) atoms. The van der Waals surface area contributed by atoms with Gasteiger partial charge in [-0.15, -0.1) is 6.58 Å². The average Bonchev–Trinajstić information content (AvgIpc) is 2.45. The lowest BCUT2D eigenvalue weighted by molar-refractivity contribution is 0.102. The van der Waals surface area contributed by atoms with Gasteiger partial charge in [-0.2, -0.15) is 0 Å². The first-order chi connectivity index (χ1) is 9.69. The van der Waals surface area contributed by atoms with E-state index in [1.165, 1.54) is 6.20 Å². The van der Waals surface area contributed by atoms with Gasteiger partial charge in [0.1, 0.15) is 0 Å². The predicted octanol–water partition coefficient (Wildman–Crippen LogP) is 3.59. The van der Waals surface area contributed by atoms with Crippen LogP contribution in [0.1, 0.15) is 10.4 Å². The second-order valence-electron chi connectivity index (χ2n) is 4.10. The van der Waals surface area contributed by atoms with Gasteiger partial charge in [-0.25, -0.2) is 0 Å². The van der Waals surface area contributed by atoms with Crippen molar-refractivity contribution in [2.45, 2.75) is 0 Å². The SMILES string of the molecule is C=CCNc1cncc(C(=O)Nc2cccc(Cl)c2)c1. The van der Waals surface area contributed by atoms with Crippen LogP contribution >= 0.6 is 11.6 Å². The molecule has 0 aliphatic carbocycles. The molecule has 0 bridgehead atoms. The van der Waals surface area contributed by atoms with Gasteiger partial charge in [0.15, 0.2) is 0 Å². The fraction of sp³-hybridized carbons (Fsp3) is 0.0667. The molecule has 1 heterocycles. The highest BCUT2D eigenvalue weighted by Gasteiger charge is 2.07. The van der Waals surface area contributed by atoms with Crippen LogP contribution in [-0.2, 0) is 0 Å². The molecule has 0 atom stereocenters. The van der Waals surface area contributed by atoms with E-state index < -0.39 is 0 Å². The number of carbonyl (C=O) groups is 1. The van der Waals surface area contributed by atoms with E-state index in [2.05, 4.69) is 22.2 Å². The third-order valence-electron chi connectivity index (χ3n) is 2.53. The highest BCUT2D eigenvalue weighted by Crippen LogP contribution is 2.16. The molecule has 5 heteroatoms. The van der Waals surface area contributed by atoms with Crippen molar-refractivity contribution >= 4 is 28.9 Å². The van der Waals surface area contributed by atoms with Crippen molar-refractivity contribution in [1.82, 2.24) is 4.98 Å². The molecular weight excluding hydrogens is 274 g/mol. The lowest BCUT2D eigenvalue weighted by Gasteiger charge is -2.07. The van der Waals surface area contributed by atoms with Crippen LogP contribution in [0, 0.1) is 0 Å². The highest BCUT2D eigenvalue weighted by molar-refractivity contribution is 6.30. The first-order valence-corrected chi connectivity index (χ1v) is 6.43. The van der Waals surface area contributed by atoms with E-state index in [1.807, 2.05) is 0 Å². The molecule has 1 amide bonds. The van der Waals surface area contributed by atoms with Gasteiger partial charge in [0.25, 0.3) is 5.91 Å². The predicted molar refractivity (Wildman–Crippen MR) is 82.3 cm³/mol. The third-order valence-corrected chi connectivity index (χ3v) is 2.77. The maximum atomic E-state index is 12.1. The van der Waals surface area contributed by atoms with E-state index >= 15 is 0 Å². The van der Waals surface area contributed by atoms with Crippen LogP contribution in [0.5, 0.6) is 0 Å². The van der Waals surface area contributed by atoms with Crippen LogP contribution < -0.4 is 10.6 Å². The van der Waals surface area contributed by atoms with Crippen LogP contribution in [0.2, 0.25) is 5.02 Å². The fourth-order valence-corrected chi connectivity index (χ4v) is 1.81. The molecule has 0 radical (unpaired) electrons. The second kappa shape index (κ2) is 6.73. The van der Waals surface area contributed by atoms with Crippen molar-refractivity contribution < 1.29 is 4.79 Å². The molecule has 102 valence electrons. The summed E-state index contributed by atoms with van der Waals surface area (Å²) < 4.78 is 0. The number of hydrogen-bond acceptors (Lipinski definition) is 3. The zero-order valence-corrected chi connectivity index (χ0v) is 11.5. The molecule has 0 saturated heterocycles. The summed E-state index contributed by atoms with van der Waals surface area (Å²) in [6, 6.07) is 8.72. The summed E-state index contributed by atoms with van der Waals surface area (Å²) in [5, 5.41) is 6.42. The van der Waals surface area contributed by atoms with Gasteiger partial charge in [-0.1, -0.05) is 23.7 Å². The Labute approximate surface area is 122 Å². The van der Waals surface area contributed by atoms with E-state index in [-0.39, 0.29) is 5.91 Å². The Morgan fingerprint density at radius 3 is 2.90 bits per heavy atom. The van der Waals surface area contributed by atoms with Gasteiger partial charge in [0, 0.05) is 29.6 Å². The number of amides is 1. The van der Waals surface area contributed by atoms with E-state index in [1.54, 1.807) is 42.6 Å². The van der Waals surface area contributed by atoms with Crippen LogP contribution in [0.25, 0.3) is 0 Å². The monoisotopic (exact) mass is 287 g/mol. The summed E-state index contributed by atoms with van der Waals surface area (Å²) in [6.45, 7) is 4.23. The van der Waals surface area contributed by atoms with Crippen molar-refractivity contribution in [3.05, 3.63) is 66.0 Å². The second-order valence-corrected chi connectivity index (χ2v) is 4.53. The number of aromatic nitrogens is 1. The molecular formula is C15H14ClN3O. The average molecular weight is 288 g/mol. The molecule has 2 N–H and O–H groups in total. The Kier molecular flexibility index (Phi) is 4.74. The number of halogens is 1. The lowest BCUT2D eigenvalue weighted by Crippen LogP contribution is -2.12. The van der Waals surface area contributed by atoms with Crippen molar-refractivity contribution in [2.24, 2.45) is 0 Å². The molecule has 0 spiro atoms. The molecule has 1 aromatic heterocycles. The summed E-state index contributed by atoms with van der Waals surface area (Å²) >= 11 is 5.87. The Bertz CT molecular complexity index is 628. The number of rotatable bonds is 5. The Morgan fingerprint density at radius 1 is 1.30 bits per heavy atom. The molecule has 0 aliphatic rings. The Balaban J connectivity index is 2.10. The molecule has 2 aromatic rings. The van der Waals surface area contributed by atoms with Crippen molar-refractivity contribution in [3.63, 3.8) is 0 Å². The zero-order chi connectivity index (χ0) is 14.4. The molecule has 2 rings (SSSR count). The minimum Gasteiger partial charge on any atom is -0.380 e. The first kappa shape index (κ1) is 14.1. The summed E-state index contributed by atoms with van der Waals surface area (Å²) in [5.74, 6) is -0.234. The minimum atomic E-state index is -0.234. The van der Waals surface area contributed by atoms with Gasteiger partial charge in [0.2, 0.25) is 0 Å². The molecule has 1 aromatic carbocycles. The molecule has 0 unspecified atom stereocenters.